The highest BCUT2D eigenvalue weighted by atomic mass is 19.3. The van der Waals surface area contributed by atoms with Gasteiger partial charge in [0.1, 0.15) is 5.75 Å². The molecular weight excluding hydrogens is 362 g/mol. The van der Waals surface area contributed by atoms with Gasteiger partial charge in [0, 0.05) is 42.8 Å². The number of nitrogens with one attached hydrogen (secondary N) is 2. The topological polar surface area (TPSA) is 50.4 Å². The van der Waals surface area contributed by atoms with Gasteiger partial charge in [-0.1, -0.05) is 0 Å². The first-order valence-electron chi connectivity index (χ1n) is 10.7. The number of carbonyl (C=O) groups is 1. The third-order valence-corrected chi connectivity index (χ3v) is 6.68. The molecule has 1 heterocycles. The highest BCUT2D eigenvalue weighted by molar-refractivity contribution is 5.95. The van der Waals surface area contributed by atoms with Gasteiger partial charge in [-0.3, -0.25) is 4.79 Å². The standard InChI is InChI=1S/C22H28F2N2O2/c23-22(24)6-3-16(4-7-22)26-21(27)15-9-14-5-8-28-20(14)18(10-15)17-11-19(17)25-12-13-1-2-13/h9-10,13,16-17,19,25H,1-8,11-12H2,(H,26,27)/t17-,19+/m0/s1. The lowest BCUT2D eigenvalue weighted by atomic mass is 9.92. The van der Waals surface area contributed by atoms with Crippen LogP contribution in [0.3, 0.4) is 0 Å². The molecule has 0 radical (unpaired) electrons. The first kappa shape index (κ1) is 18.3. The van der Waals surface area contributed by atoms with Gasteiger partial charge in [-0.15, -0.1) is 0 Å². The van der Waals surface area contributed by atoms with Crippen molar-refractivity contribution in [1.29, 1.82) is 0 Å². The summed E-state index contributed by atoms with van der Waals surface area (Å²) < 4.78 is 32.6. The highest BCUT2D eigenvalue weighted by Gasteiger charge is 2.42. The average molecular weight is 390 g/mol. The predicted octanol–water partition coefficient (Wildman–Crippen LogP) is 3.78. The molecule has 3 fully saturated rings. The smallest absolute Gasteiger partial charge is 0.251 e. The third-order valence-electron chi connectivity index (χ3n) is 6.68. The van der Waals surface area contributed by atoms with E-state index in [0.29, 0.717) is 37.0 Å². The molecule has 0 bridgehead atoms. The van der Waals surface area contributed by atoms with E-state index in [2.05, 4.69) is 10.6 Å². The number of alkyl halides is 2. The second-order valence-corrected chi connectivity index (χ2v) is 9.06. The molecule has 1 aliphatic heterocycles. The van der Waals surface area contributed by atoms with Crippen LogP contribution in [-0.2, 0) is 6.42 Å². The minimum absolute atomic E-state index is 0.141. The van der Waals surface area contributed by atoms with Gasteiger partial charge < -0.3 is 15.4 Å². The molecule has 5 rings (SSSR count). The van der Waals surface area contributed by atoms with Crippen molar-refractivity contribution in [3.63, 3.8) is 0 Å². The monoisotopic (exact) mass is 390 g/mol. The molecule has 0 spiro atoms. The molecule has 152 valence electrons. The van der Waals surface area contributed by atoms with Crippen LogP contribution in [0.2, 0.25) is 0 Å². The molecule has 1 aromatic rings. The third kappa shape index (κ3) is 3.88. The molecule has 1 amide bonds. The Bertz CT molecular complexity index is 768. The number of rotatable bonds is 6. The Morgan fingerprint density at radius 3 is 2.71 bits per heavy atom. The second kappa shape index (κ2) is 6.97. The Morgan fingerprint density at radius 1 is 1.18 bits per heavy atom. The van der Waals surface area contributed by atoms with Gasteiger partial charge in [-0.2, -0.15) is 0 Å². The van der Waals surface area contributed by atoms with E-state index in [4.69, 9.17) is 4.74 Å². The summed E-state index contributed by atoms with van der Waals surface area (Å²) in [4.78, 5) is 12.8. The minimum Gasteiger partial charge on any atom is -0.493 e. The summed E-state index contributed by atoms with van der Waals surface area (Å²) in [7, 11) is 0. The quantitative estimate of drug-likeness (QED) is 0.777. The molecule has 3 aliphatic carbocycles. The highest BCUT2D eigenvalue weighted by Crippen LogP contribution is 2.48. The van der Waals surface area contributed by atoms with Crippen LogP contribution in [-0.4, -0.2) is 37.1 Å². The van der Waals surface area contributed by atoms with E-state index in [9.17, 15) is 13.6 Å². The number of fused-ring (bicyclic) bond motifs is 1. The first-order chi connectivity index (χ1) is 13.5. The molecular formula is C22H28F2N2O2. The lowest BCUT2D eigenvalue weighted by Crippen LogP contribution is -2.40. The van der Waals surface area contributed by atoms with Crippen LogP contribution in [0.15, 0.2) is 12.1 Å². The van der Waals surface area contributed by atoms with Crippen molar-refractivity contribution in [3.8, 4) is 5.75 Å². The van der Waals surface area contributed by atoms with Crippen molar-refractivity contribution < 1.29 is 18.3 Å². The average Bonchev–Trinajstić information content (AvgIpc) is 3.58. The molecule has 0 unspecified atom stereocenters. The maximum atomic E-state index is 13.4. The van der Waals surface area contributed by atoms with Gasteiger partial charge in [0.05, 0.1) is 6.61 Å². The van der Waals surface area contributed by atoms with Gasteiger partial charge in [0.15, 0.2) is 0 Å². The Labute approximate surface area is 164 Å². The zero-order valence-electron chi connectivity index (χ0n) is 16.1. The molecule has 0 saturated heterocycles. The van der Waals surface area contributed by atoms with Crippen LogP contribution in [0.5, 0.6) is 5.75 Å². The van der Waals surface area contributed by atoms with E-state index in [1.165, 1.54) is 12.8 Å². The zero-order valence-corrected chi connectivity index (χ0v) is 16.1. The van der Waals surface area contributed by atoms with Gasteiger partial charge >= 0.3 is 0 Å². The molecule has 0 aromatic heterocycles. The lowest BCUT2D eigenvalue weighted by molar-refractivity contribution is -0.0399. The van der Waals surface area contributed by atoms with Crippen LogP contribution in [0.1, 0.15) is 72.3 Å². The van der Waals surface area contributed by atoms with Crippen molar-refractivity contribution in [2.75, 3.05) is 13.2 Å². The van der Waals surface area contributed by atoms with Crippen LogP contribution in [0.25, 0.3) is 0 Å². The van der Waals surface area contributed by atoms with Crippen molar-refractivity contribution in [3.05, 3.63) is 28.8 Å². The second-order valence-electron chi connectivity index (χ2n) is 9.06. The van der Waals surface area contributed by atoms with E-state index in [0.717, 1.165) is 42.2 Å². The summed E-state index contributed by atoms with van der Waals surface area (Å²) >= 11 is 0. The largest absolute Gasteiger partial charge is 0.493 e. The van der Waals surface area contributed by atoms with E-state index >= 15 is 0 Å². The van der Waals surface area contributed by atoms with Crippen LogP contribution in [0.4, 0.5) is 8.78 Å². The van der Waals surface area contributed by atoms with Gasteiger partial charge in [-0.25, -0.2) is 8.78 Å². The normalized spacial score (nSPS) is 28.5. The Morgan fingerprint density at radius 2 is 1.96 bits per heavy atom. The maximum absolute atomic E-state index is 13.4. The Hall–Kier alpha value is -1.69. The van der Waals surface area contributed by atoms with Crippen molar-refractivity contribution in [2.24, 2.45) is 5.92 Å². The SMILES string of the molecule is O=C(NC1CCC(F)(F)CC1)c1cc2c(c([C@@H]3C[C@H]3NCC3CC3)c1)OCC2. The summed E-state index contributed by atoms with van der Waals surface area (Å²) in [6.07, 6.45) is 4.99. The van der Waals surface area contributed by atoms with E-state index in [1.807, 2.05) is 12.1 Å². The number of hydrogen-bond donors (Lipinski definition) is 2. The maximum Gasteiger partial charge on any atom is 0.251 e. The number of benzene rings is 1. The van der Waals surface area contributed by atoms with Gasteiger partial charge in [0.2, 0.25) is 5.92 Å². The summed E-state index contributed by atoms with van der Waals surface area (Å²) in [5.74, 6) is -0.493. The fourth-order valence-electron chi connectivity index (χ4n) is 4.60. The Balaban J connectivity index is 1.28. The van der Waals surface area contributed by atoms with Gasteiger partial charge in [-0.05, 0) is 67.8 Å². The molecule has 2 atom stereocenters. The number of carbonyl (C=O) groups excluding carboxylic acids is 1. The van der Waals surface area contributed by atoms with Crippen molar-refractivity contribution >= 4 is 5.91 Å². The van der Waals surface area contributed by atoms with Crippen molar-refractivity contribution in [1.82, 2.24) is 10.6 Å². The van der Waals surface area contributed by atoms with E-state index < -0.39 is 5.92 Å². The van der Waals surface area contributed by atoms with Crippen molar-refractivity contribution in [2.45, 2.75) is 75.3 Å². The predicted molar refractivity (Wildman–Crippen MR) is 102 cm³/mol. The van der Waals surface area contributed by atoms with Crippen LogP contribution in [0, 0.1) is 5.92 Å². The molecule has 2 N–H and O–H groups in total. The fraction of sp³-hybridized carbons (Fsp3) is 0.682. The molecule has 6 heteroatoms. The molecule has 1 aromatic carbocycles. The van der Waals surface area contributed by atoms with Gasteiger partial charge in [0.25, 0.3) is 5.91 Å². The summed E-state index contributed by atoms with van der Waals surface area (Å²) in [5, 5.41) is 6.63. The number of halogens is 2. The summed E-state index contributed by atoms with van der Waals surface area (Å²) in [6, 6.07) is 4.22. The molecule has 4 nitrogen and oxygen atoms in total. The molecule has 28 heavy (non-hydrogen) atoms. The lowest BCUT2D eigenvalue weighted by Gasteiger charge is -2.28. The zero-order chi connectivity index (χ0) is 19.3. The number of hydrogen-bond acceptors (Lipinski definition) is 3. The number of amides is 1. The Kier molecular flexibility index (Phi) is 4.57. The number of ether oxygens (including phenoxy) is 1. The molecule has 4 aliphatic rings. The van der Waals surface area contributed by atoms with Crippen LogP contribution < -0.4 is 15.4 Å². The van der Waals surface area contributed by atoms with E-state index in [1.54, 1.807) is 0 Å². The minimum atomic E-state index is -2.58. The molecule has 3 saturated carbocycles. The summed E-state index contributed by atoms with van der Waals surface area (Å²) in [5.41, 5.74) is 2.89. The van der Waals surface area contributed by atoms with Crippen LogP contribution >= 0.6 is 0 Å². The fourth-order valence-corrected chi connectivity index (χ4v) is 4.60. The van der Waals surface area contributed by atoms with E-state index in [-0.39, 0.29) is 24.8 Å². The first-order valence-corrected chi connectivity index (χ1v) is 10.7. The summed E-state index contributed by atoms with van der Waals surface area (Å²) in [6.45, 7) is 1.76.